The van der Waals surface area contributed by atoms with Gasteiger partial charge in [0.1, 0.15) is 5.82 Å². The number of pyridine rings is 1. The van der Waals surface area contributed by atoms with E-state index in [-0.39, 0.29) is 24.8 Å². The number of tetrazole rings is 1. The predicted molar refractivity (Wildman–Crippen MR) is 93.1 cm³/mol. The molecule has 2 aromatic heterocycles. The number of hydrogen-bond donors (Lipinski definition) is 2. The Morgan fingerprint density at radius 2 is 2.07 bits per heavy atom. The number of alkyl halides is 2. The highest BCUT2D eigenvalue weighted by molar-refractivity contribution is 5.85. The molecular formula is C17H21F2N7O. The Morgan fingerprint density at radius 1 is 1.30 bits per heavy atom. The predicted octanol–water partition coefficient (Wildman–Crippen LogP) is 1.96. The summed E-state index contributed by atoms with van der Waals surface area (Å²) < 4.78 is 26.7. The van der Waals surface area contributed by atoms with Crippen LogP contribution in [0.25, 0.3) is 11.4 Å². The van der Waals surface area contributed by atoms with Crippen LogP contribution < -0.4 is 10.6 Å². The van der Waals surface area contributed by atoms with E-state index in [1.165, 1.54) is 4.80 Å². The van der Waals surface area contributed by atoms with E-state index in [1.807, 2.05) is 0 Å². The molecule has 1 amide bonds. The van der Waals surface area contributed by atoms with Gasteiger partial charge >= 0.3 is 0 Å². The number of amides is 1. The van der Waals surface area contributed by atoms with Crippen LogP contribution in [0.4, 0.5) is 14.6 Å². The monoisotopic (exact) mass is 377 g/mol. The summed E-state index contributed by atoms with van der Waals surface area (Å²) in [7, 11) is 0. The summed E-state index contributed by atoms with van der Waals surface area (Å²) in [6.45, 7) is 2.34. The summed E-state index contributed by atoms with van der Waals surface area (Å²) in [6.07, 6.45) is 2.70. The topological polar surface area (TPSA) is 97.6 Å². The molecule has 144 valence electrons. The highest BCUT2D eigenvalue weighted by Crippen LogP contribution is 2.35. The van der Waals surface area contributed by atoms with Gasteiger partial charge in [-0.3, -0.25) is 4.79 Å². The zero-order valence-electron chi connectivity index (χ0n) is 15.0. The molecule has 2 aromatic rings. The minimum absolute atomic E-state index is 0.0774. The van der Waals surface area contributed by atoms with Gasteiger partial charge in [-0.15, -0.1) is 15.0 Å². The lowest BCUT2D eigenvalue weighted by atomic mass is 9.92. The van der Waals surface area contributed by atoms with Crippen LogP contribution in [0.2, 0.25) is 0 Å². The fourth-order valence-electron chi connectivity index (χ4n) is 3.52. The molecule has 2 fully saturated rings. The summed E-state index contributed by atoms with van der Waals surface area (Å²) in [4.78, 5) is 17.8. The molecule has 27 heavy (non-hydrogen) atoms. The van der Waals surface area contributed by atoms with E-state index in [2.05, 4.69) is 31.0 Å². The minimum Gasteiger partial charge on any atom is -0.367 e. The van der Waals surface area contributed by atoms with Crippen LogP contribution in [-0.4, -0.2) is 49.6 Å². The average Bonchev–Trinajstić information content (AvgIpc) is 3.26. The van der Waals surface area contributed by atoms with Crippen molar-refractivity contribution in [3.63, 3.8) is 0 Å². The van der Waals surface area contributed by atoms with Gasteiger partial charge in [-0.2, -0.15) is 0 Å². The maximum atomic E-state index is 13.4. The van der Waals surface area contributed by atoms with E-state index in [0.717, 1.165) is 0 Å². The van der Waals surface area contributed by atoms with Crippen molar-refractivity contribution >= 4 is 11.7 Å². The van der Waals surface area contributed by atoms with Gasteiger partial charge < -0.3 is 10.6 Å². The fourth-order valence-corrected chi connectivity index (χ4v) is 3.52. The molecule has 2 N–H and O–H groups in total. The van der Waals surface area contributed by atoms with Gasteiger partial charge in [-0.25, -0.2) is 13.8 Å². The Balaban J connectivity index is 1.56. The van der Waals surface area contributed by atoms with Crippen molar-refractivity contribution in [2.45, 2.75) is 56.5 Å². The van der Waals surface area contributed by atoms with E-state index < -0.39 is 11.5 Å². The molecule has 0 spiro atoms. The minimum atomic E-state index is -2.58. The molecule has 1 aliphatic heterocycles. The molecule has 0 bridgehead atoms. The van der Waals surface area contributed by atoms with Gasteiger partial charge in [0.25, 0.3) is 0 Å². The van der Waals surface area contributed by atoms with Crippen LogP contribution >= 0.6 is 0 Å². The third kappa shape index (κ3) is 3.35. The number of nitrogens with zero attached hydrogens (tertiary/aromatic N) is 5. The van der Waals surface area contributed by atoms with E-state index in [4.69, 9.17) is 0 Å². The number of halogens is 2. The number of carbonyl (C=O) groups excluding carboxylic acids is 1. The maximum absolute atomic E-state index is 13.4. The van der Waals surface area contributed by atoms with Crippen LogP contribution in [0.3, 0.4) is 0 Å². The molecule has 2 aliphatic rings. The van der Waals surface area contributed by atoms with Gasteiger partial charge in [0, 0.05) is 38.0 Å². The third-order valence-corrected chi connectivity index (χ3v) is 5.35. The smallest absolute Gasteiger partial charge is 0.249 e. The normalized spacial score (nSPS) is 25.4. The third-order valence-electron chi connectivity index (χ3n) is 5.35. The second-order valence-corrected chi connectivity index (χ2v) is 7.36. The SMILES string of the molecule is CC1(n2nnc(-c3cccnc3NC3CCC(F)(F)CC3)n2)CCNC1=O. The van der Waals surface area contributed by atoms with Crippen molar-refractivity contribution < 1.29 is 13.6 Å². The number of carbonyl (C=O) groups is 1. The number of hydrogen-bond acceptors (Lipinski definition) is 6. The van der Waals surface area contributed by atoms with Crippen molar-refractivity contribution in [2.24, 2.45) is 0 Å². The Hall–Kier alpha value is -2.65. The van der Waals surface area contributed by atoms with Gasteiger partial charge in [-0.1, -0.05) is 0 Å². The second kappa shape index (κ2) is 6.50. The first-order chi connectivity index (χ1) is 12.9. The summed E-state index contributed by atoms with van der Waals surface area (Å²) in [5, 5.41) is 18.6. The Morgan fingerprint density at radius 3 is 2.78 bits per heavy atom. The molecular weight excluding hydrogens is 356 g/mol. The molecule has 0 aromatic carbocycles. The molecule has 1 atom stereocenters. The Kier molecular flexibility index (Phi) is 4.27. The quantitative estimate of drug-likeness (QED) is 0.845. The molecule has 1 aliphatic carbocycles. The molecule has 1 unspecified atom stereocenters. The number of rotatable bonds is 4. The lowest BCUT2D eigenvalue weighted by Gasteiger charge is -2.29. The number of aromatic nitrogens is 5. The Bertz CT molecular complexity index is 845. The van der Waals surface area contributed by atoms with Gasteiger partial charge in [0.05, 0.1) is 5.56 Å². The fraction of sp³-hybridized carbons (Fsp3) is 0.588. The van der Waals surface area contributed by atoms with E-state index in [0.29, 0.717) is 43.0 Å². The first-order valence-corrected chi connectivity index (χ1v) is 9.06. The zero-order chi connectivity index (χ0) is 19.1. The lowest BCUT2D eigenvalue weighted by molar-refractivity contribution is -0.126. The van der Waals surface area contributed by atoms with Crippen LogP contribution in [0.15, 0.2) is 18.3 Å². The molecule has 0 radical (unpaired) electrons. The van der Waals surface area contributed by atoms with E-state index >= 15 is 0 Å². The average molecular weight is 377 g/mol. The summed E-state index contributed by atoms with van der Waals surface area (Å²) >= 11 is 0. The van der Waals surface area contributed by atoms with E-state index in [1.54, 1.807) is 25.3 Å². The van der Waals surface area contributed by atoms with Crippen LogP contribution in [0.5, 0.6) is 0 Å². The maximum Gasteiger partial charge on any atom is 0.249 e. The largest absolute Gasteiger partial charge is 0.367 e. The standard InChI is InChI=1S/C17H21F2N7O/c1-16(8-10-21-15(16)27)26-24-14(23-25-26)12-3-2-9-20-13(12)22-11-4-6-17(18,19)7-5-11/h2-3,9,11H,4-8,10H2,1H3,(H,20,22)(H,21,27). The highest BCUT2D eigenvalue weighted by Gasteiger charge is 2.42. The zero-order valence-corrected chi connectivity index (χ0v) is 15.0. The van der Waals surface area contributed by atoms with Crippen LogP contribution in [0.1, 0.15) is 39.0 Å². The molecule has 1 saturated heterocycles. The van der Waals surface area contributed by atoms with Crippen molar-refractivity contribution in [1.29, 1.82) is 0 Å². The van der Waals surface area contributed by atoms with Gasteiger partial charge in [0.15, 0.2) is 5.54 Å². The highest BCUT2D eigenvalue weighted by atomic mass is 19.3. The van der Waals surface area contributed by atoms with Crippen molar-refractivity contribution in [3.05, 3.63) is 18.3 Å². The van der Waals surface area contributed by atoms with Crippen LogP contribution in [0, 0.1) is 0 Å². The molecule has 3 heterocycles. The van der Waals surface area contributed by atoms with Crippen molar-refractivity contribution in [3.8, 4) is 11.4 Å². The molecule has 1 saturated carbocycles. The first kappa shape index (κ1) is 17.7. The van der Waals surface area contributed by atoms with Gasteiger partial charge in [-0.05, 0) is 37.1 Å². The molecule has 10 heteroatoms. The molecule has 4 rings (SSSR count). The van der Waals surface area contributed by atoms with Crippen LogP contribution in [-0.2, 0) is 10.3 Å². The van der Waals surface area contributed by atoms with Crippen molar-refractivity contribution in [1.82, 2.24) is 30.5 Å². The van der Waals surface area contributed by atoms with E-state index in [9.17, 15) is 13.6 Å². The lowest BCUT2D eigenvalue weighted by Crippen LogP contribution is -2.40. The first-order valence-electron chi connectivity index (χ1n) is 9.06. The summed E-state index contributed by atoms with van der Waals surface area (Å²) in [6, 6.07) is 3.47. The molecule has 8 nitrogen and oxygen atoms in total. The van der Waals surface area contributed by atoms with Gasteiger partial charge in [0.2, 0.25) is 17.7 Å². The number of nitrogens with one attached hydrogen (secondary N) is 2. The summed E-state index contributed by atoms with van der Waals surface area (Å²) in [5.74, 6) is -1.84. The Labute approximate surface area is 154 Å². The van der Waals surface area contributed by atoms with Crippen molar-refractivity contribution in [2.75, 3.05) is 11.9 Å². The summed E-state index contributed by atoms with van der Waals surface area (Å²) in [5.41, 5.74) is -0.237. The number of anilines is 1. The second-order valence-electron chi connectivity index (χ2n) is 7.36.